The van der Waals surface area contributed by atoms with Gasteiger partial charge in [-0.15, -0.1) is 0 Å². The second-order valence-corrected chi connectivity index (χ2v) is 4.27. The van der Waals surface area contributed by atoms with Crippen LogP contribution < -0.4 is 0 Å². The van der Waals surface area contributed by atoms with E-state index in [0.717, 1.165) is 0 Å². The number of aromatic amines is 1. The van der Waals surface area contributed by atoms with E-state index < -0.39 is 0 Å². The predicted molar refractivity (Wildman–Crippen MR) is 59.4 cm³/mol. The molecular weight excluding hydrogens is 172 g/mol. The van der Waals surface area contributed by atoms with Crippen LogP contribution in [0.5, 0.6) is 0 Å². The Bertz CT molecular complexity index is 303. The van der Waals surface area contributed by atoms with Crippen LogP contribution >= 0.6 is 0 Å². The van der Waals surface area contributed by atoms with Crippen LogP contribution in [0.4, 0.5) is 0 Å². The van der Waals surface area contributed by atoms with Crippen molar-refractivity contribution in [3.63, 3.8) is 0 Å². The topological polar surface area (TPSA) is 19.0 Å². The molecule has 2 nitrogen and oxygen atoms in total. The standard InChI is InChI=1S/C12H20N2/c1-4-9-8-11-10(6-7-13-11)12(5-2)14(9)3/h6-7,9,12-13H,4-5,8H2,1-3H3/t9-,12+/m0/s1. The van der Waals surface area contributed by atoms with Crippen molar-refractivity contribution in [2.24, 2.45) is 0 Å². The zero-order chi connectivity index (χ0) is 10.1. The van der Waals surface area contributed by atoms with E-state index >= 15 is 0 Å². The lowest BCUT2D eigenvalue weighted by molar-refractivity contribution is 0.146. The third-order valence-corrected chi connectivity index (χ3v) is 3.59. The number of hydrogen-bond acceptors (Lipinski definition) is 1. The van der Waals surface area contributed by atoms with Gasteiger partial charge in [-0.2, -0.15) is 0 Å². The Morgan fingerprint density at radius 2 is 2.21 bits per heavy atom. The van der Waals surface area contributed by atoms with Crippen LogP contribution in [0.3, 0.4) is 0 Å². The highest BCUT2D eigenvalue weighted by atomic mass is 15.2. The molecule has 0 amide bonds. The number of fused-ring (bicyclic) bond motifs is 1. The first-order valence-electron chi connectivity index (χ1n) is 5.66. The lowest BCUT2D eigenvalue weighted by atomic mass is 9.91. The van der Waals surface area contributed by atoms with E-state index in [2.05, 4.69) is 43.0 Å². The maximum absolute atomic E-state index is 3.38. The van der Waals surface area contributed by atoms with Gasteiger partial charge in [-0.25, -0.2) is 0 Å². The summed E-state index contributed by atoms with van der Waals surface area (Å²) in [4.78, 5) is 5.92. The van der Waals surface area contributed by atoms with Gasteiger partial charge in [-0.1, -0.05) is 13.8 Å². The van der Waals surface area contributed by atoms with Crippen molar-refractivity contribution in [1.29, 1.82) is 0 Å². The van der Waals surface area contributed by atoms with Gasteiger partial charge in [-0.05, 0) is 31.5 Å². The molecule has 0 radical (unpaired) electrons. The molecule has 1 aromatic rings. The number of H-pyrrole nitrogens is 1. The van der Waals surface area contributed by atoms with E-state index in [0.29, 0.717) is 12.1 Å². The van der Waals surface area contributed by atoms with Crippen molar-refractivity contribution in [2.75, 3.05) is 7.05 Å². The third-order valence-electron chi connectivity index (χ3n) is 3.59. The number of nitrogens with zero attached hydrogens (tertiary/aromatic N) is 1. The molecule has 0 spiro atoms. The SMILES string of the molecule is CC[C@H]1Cc2[nH]ccc2[C@@H](CC)N1C. The predicted octanol–water partition coefficient (Wildman–Crippen LogP) is 2.73. The molecule has 2 rings (SSSR count). The number of hydrogen-bond donors (Lipinski definition) is 1. The van der Waals surface area contributed by atoms with E-state index in [9.17, 15) is 0 Å². The van der Waals surface area contributed by atoms with E-state index in [-0.39, 0.29) is 0 Å². The molecule has 1 aliphatic rings. The van der Waals surface area contributed by atoms with E-state index in [1.54, 1.807) is 0 Å². The largest absolute Gasteiger partial charge is 0.365 e. The minimum atomic E-state index is 0.620. The second-order valence-electron chi connectivity index (χ2n) is 4.27. The molecule has 0 aliphatic carbocycles. The summed E-state index contributed by atoms with van der Waals surface area (Å²) in [6, 6.07) is 3.58. The summed E-state index contributed by atoms with van der Waals surface area (Å²) in [5, 5.41) is 0. The van der Waals surface area contributed by atoms with E-state index in [1.165, 1.54) is 30.5 Å². The van der Waals surface area contributed by atoms with Crippen LogP contribution in [0.2, 0.25) is 0 Å². The Labute approximate surface area is 86.3 Å². The molecule has 78 valence electrons. The molecule has 0 unspecified atom stereocenters. The van der Waals surface area contributed by atoms with Gasteiger partial charge in [0.1, 0.15) is 0 Å². The molecule has 0 aromatic carbocycles. The molecule has 1 aromatic heterocycles. The molecule has 2 atom stereocenters. The quantitative estimate of drug-likeness (QED) is 0.763. The molecule has 1 N–H and O–H groups in total. The fourth-order valence-corrected chi connectivity index (χ4v) is 2.70. The van der Waals surface area contributed by atoms with Crippen LogP contribution in [-0.2, 0) is 6.42 Å². The average Bonchev–Trinajstić information content (AvgIpc) is 2.64. The summed E-state index contributed by atoms with van der Waals surface area (Å²) in [5.41, 5.74) is 2.97. The van der Waals surface area contributed by atoms with Gasteiger partial charge in [0.2, 0.25) is 0 Å². The smallest absolute Gasteiger partial charge is 0.0363 e. The summed E-state index contributed by atoms with van der Waals surface area (Å²) in [7, 11) is 2.26. The zero-order valence-electron chi connectivity index (χ0n) is 9.38. The number of nitrogens with one attached hydrogen (secondary N) is 1. The lowest BCUT2D eigenvalue weighted by Gasteiger charge is -2.38. The molecule has 1 aliphatic heterocycles. The highest BCUT2D eigenvalue weighted by Gasteiger charge is 2.29. The summed E-state index contributed by atoms with van der Waals surface area (Å²) >= 11 is 0. The summed E-state index contributed by atoms with van der Waals surface area (Å²) in [6.45, 7) is 4.55. The summed E-state index contributed by atoms with van der Waals surface area (Å²) in [6.07, 6.45) is 5.72. The lowest BCUT2D eigenvalue weighted by Crippen LogP contribution is -2.40. The van der Waals surface area contributed by atoms with Crippen molar-refractivity contribution < 1.29 is 0 Å². The average molecular weight is 192 g/mol. The molecule has 0 saturated heterocycles. The van der Waals surface area contributed by atoms with Gasteiger partial charge < -0.3 is 4.98 Å². The highest BCUT2D eigenvalue weighted by Crippen LogP contribution is 2.34. The Kier molecular flexibility index (Phi) is 2.64. The van der Waals surface area contributed by atoms with Crippen LogP contribution in [-0.4, -0.2) is 23.0 Å². The number of rotatable bonds is 2. The Morgan fingerprint density at radius 1 is 1.43 bits per heavy atom. The molecule has 2 heteroatoms. The number of likely N-dealkylation sites (N-methyl/N-ethyl adjacent to an activating group) is 1. The first kappa shape index (κ1) is 9.78. The summed E-state index contributed by atoms with van der Waals surface area (Å²) < 4.78 is 0. The molecule has 2 heterocycles. The Hall–Kier alpha value is -0.760. The van der Waals surface area contributed by atoms with Gasteiger partial charge in [0.25, 0.3) is 0 Å². The van der Waals surface area contributed by atoms with Crippen LogP contribution in [0.1, 0.15) is 44.0 Å². The fourth-order valence-electron chi connectivity index (χ4n) is 2.70. The minimum Gasteiger partial charge on any atom is -0.365 e. The third kappa shape index (κ3) is 1.38. The van der Waals surface area contributed by atoms with Gasteiger partial charge >= 0.3 is 0 Å². The van der Waals surface area contributed by atoms with Crippen molar-refractivity contribution >= 4 is 0 Å². The first-order chi connectivity index (χ1) is 6.77. The van der Waals surface area contributed by atoms with Crippen molar-refractivity contribution in [1.82, 2.24) is 9.88 Å². The normalized spacial score (nSPS) is 27.6. The maximum atomic E-state index is 3.38. The molecular formula is C12H20N2. The highest BCUT2D eigenvalue weighted by molar-refractivity contribution is 5.28. The van der Waals surface area contributed by atoms with Gasteiger partial charge in [-0.3, -0.25) is 4.90 Å². The van der Waals surface area contributed by atoms with Crippen molar-refractivity contribution in [3.05, 3.63) is 23.5 Å². The van der Waals surface area contributed by atoms with Crippen molar-refractivity contribution in [2.45, 2.75) is 45.2 Å². The number of aromatic nitrogens is 1. The van der Waals surface area contributed by atoms with Gasteiger partial charge in [0.15, 0.2) is 0 Å². The Morgan fingerprint density at radius 3 is 2.86 bits per heavy atom. The first-order valence-corrected chi connectivity index (χ1v) is 5.66. The van der Waals surface area contributed by atoms with Crippen LogP contribution in [0, 0.1) is 0 Å². The molecule has 0 fully saturated rings. The van der Waals surface area contributed by atoms with Crippen LogP contribution in [0.25, 0.3) is 0 Å². The fraction of sp³-hybridized carbons (Fsp3) is 0.667. The molecule has 0 bridgehead atoms. The summed E-state index contributed by atoms with van der Waals surface area (Å²) in [5.74, 6) is 0. The van der Waals surface area contributed by atoms with Gasteiger partial charge in [0, 0.05) is 30.4 Å². The second kappa shape index (κ2) is 3.77. The zero-order valence-corrected chi connectivity index (χ0v) is 9.38. The van der Waals surface area contributed by atoms with Crippen LogP contribution in [0.15, 0.2) is 12.3 Å². The molecule has 0 saturated carbocycles. The van der Waals surface area contributed by atoms with Gasteiger partial charge in [0.05, 0.1) is 0 Å². The van der Waals surface area contributed by atoms with E-state index in [4.69, 9.17) is 0 Å². The van der Waals surface area contributed by atoms with E-state index in [1.807, 2.05) is 0 Å². The molecule has 14 heavy (non-hydrogen) atoms. The maximum Gasteiger partial charge on any atom is 0.0363 e. The monoisotopic (exact) mass is 192 g/mol. The minimum absolute atomic E-state index is 0.620. The Balaban J connectivity index is 2.33. The van der Waals surface area contributed by atoms with Crippen molar-refractivity contribution in [3.8, 4) is 0 Å².